The van der Waals surface area contributed by atoms with Gasteiger partial charge in [-0.2, -0.15) is 0 Å². The number of carbonyl (C=O) groups excluding carboxylic acids is 2. The predicted octanol–water partition coefficient (Wildman–Crippen LogP) is 6.19. The lowest BCUT2D eigenvalue weighted by molar-refractivity contribution is -0.123. The molecule has 3 aliphatic rings. The van der Waals surface area contributed by atoms with Crippen LogP contribution in [-0.2, 0) is 9.59 Å². The van der Waals surface area contributed by atoms with Crippen molar-refractivity contribution >= 4 is 49.4 Å². The van der Waals surface area contributed by atoms with Crippen molar-refractivity contribution in [1.82, 2.24) is 0 Å². The Labute approximate surface area is 199 Å². The van der Waals surface area contributed by atoms with Crippen molar-refractivity contribution in [3.8, 4) is 11.5 Å². The van der Waals surface area contributed by atoms with Gasteiger partial charge >= 0.3 is 0 Å². The first-order chi connectivity index (χ1) is 14.8. The molecule has 0 N–H and O–H groups in total. The molecule has 0 radical (unpaired) electrons. The van der Waals surface area contributed by atoms with Crippen molar-refractivity contribution in [2.45, 2.75) is 42.8 Å². The number of nitrogens with zero attached hydrogens (tertiary/aromatic N) is 1. The molecule has 4 nitrogen and oxygen atoms in total. The molecule has 6 atom stereocenters. The minimum atomic E-state index is -0.201. The lowest BCUT2D eigenvalue weighted by atomic mass is 9.81. The molecule has 0 spiro atoms. The highest BCUT2D eigenvalue weighted by atomic mass is 79.9. The number of anilines is 1. The van der Waals surface area contributed by atoms with E-state index < -0.39 is 0 Å². The zero-order chi connectivity index (χ0) is 22.0. The minimum absolute atomic E-state index is 0.0548. The van der Waals surface area contributed by atoms with Crippen LogP contribution in [0.25, 0.3) is 0 Å². The van der Waals surface area contributed by atoms with Gasteiger partial charge in [-0.25, -0.2) is 0 Å². The molecule has 2 saturated carbocycles. The number of hydrogen-bond acceptors (Lipinski definition) is 3. The number of imide groups is 1. The van der Waals surface area contributed by atoms with E-state index >= 15 is 0 Å². The quantitative estimate of drug-likeness (QED) is 0.339. The summed E-state index contributed by atoms with van der Waals surface area (Å²) in [6, 6.07) is 13.5. The highest BCUT2D eigenvalue weighted by molar-refractivity contribution is 9.12. The fraction of sp³-hybridized carbons (Fsp3) is 0.440. The van der Waals surface area contributed by atoms with Gasteiger partial charge in [-0.15, -0.1) is 0 Å². The Morgan fingerprint density at radius 3 is 2.06 bits per heavy atom. The normalized spacial score (nSPS) is 31.6. The van der Waals surface area contributed by atoms with Crippen molar-refractivity contribution in [2.75, 3.05) is 4.90 Å². The van der Waals surface area contributed by atoms with Crippen LogP contribution in [-0.4, -0.2) is 21.5 Å². The third kappa shape index (κ3) is 3.29. The van der Waals surface area contributed by atoms with Crippen molar-refractivity contribution in [3.63, 3.8) is 0 Å². The SMILES string of the molecule is Cc1ccc(C(C)C)c(Oc2ccc(N3C(=O)[C@@H]4[C@H]5C[C@@H]([C@@H](Br)[C@H]5Br)[C@H]4C3=O)cc2)c1. The van der Waals surface area contributed by atoms with Crippen LogP contribution in [0.15, 0.2) is 42.5 Å². The van der Waals surface area contributed by atoms with E-state index in [1.807, 2.05) is 37.3 Å². The molecule has 2 bridgehead atoms. The zero-order valence-electron chi connectivity index (χ0n) is 17.7. The molecule has 5 rings (SSSR count). The number of ether oxygens (including phenoxy) is 1. The zero-order valence-corrected chi connectivity index (χ0v) is 20.9. The lowest BCUT2D eigenvalue weighted by Crippen LogP contribution is -2.37. The fourth-order valence-electron chi connectivity index (χ4n) is 5.60. The van der Waals surface area contributed by atoms with Crippen molar-refractivity contribution in [1.29, 1.82) is 0 Å². The molecule has 2 aromatic carbocycles. The van der Waals surface area contributed by atoms with Gasteiger partial charge in [-0.05, 0) is 72.6 Å². The van der Waals surface area contributed by atoms with Gasteiger partial charge in [-0.1, -0.05) is 57.8 Å². The second-order valence-corrected chi connectivity index (χ2v) is 11.4. The van der Waals surface area contributed by atoms with E-state index in [1.54, 1.807) is 0 Å². The lowest BCUT2D eigenvalue weighted by Gasteiger charge is -2.28. The number of aryl methyl sites for hydroxylation is 1. The molecule has 1 saturated heterocycles. The number of alkyl halides is 2. The van der Waals surface area contributed by atoms with Crippen LogP contribution >= 0.6 is 31.9 Å². The molecule has 2 aliphatic carbocycles. The summed E-state index contributed by atoms with van der Waals surface area (Å²) < 4.78 is 6.17. The maximum absolute atomic E-state index is 13.2. The molecule has 1 heterocycles. The summed E-state index contributed by atoms with van der Waals surface area (Å²) in [5, 5.41) is 0. The Balaban J connectivity index is 1.39. The van der Waals surface area contributed by atoms with Crippen LogP contribution in [0.5, 0.6) is 11.5 Å². The van der Waals surface area contributed by atoms with E-state index in [4.69, 9.17) is 4.74 Å². The van der Waals surface area contributed by atoms with Gasteiger partial charge in [0, 0.05) is 9.65 Å². The van der Waals surface area contributed by atoms with Crippen LogP contribution in [0.3, 0.4) is 0 Å². The van der Waals surface area contributed by atoms with Crippen molar-refractivity contribution in [3.05, 3.63) is 53.6 Å². The van der Waals surface area contributed by atoms with Gasteiger partial charge in [0.15, 0.2) is 0 Å². The first-order valence-corrected chi connectivity index (χ1v) is 12.7. The Morgan fingerprint density at radius 2 is 1.52 bits per heavy atom. The number of halogens is 2. The number of fused-ring (bicyclic) bond motifs is 5. The summed E-state index contributed by atoms with van der Waals surface area (Å²) in [6.45, 7) is 6.33. The third-order valence-corrected chi connectivity index (χ3v) is 10.3. The summed E-state index contributed by atoms with van der Waals surface area (Å²) in [6.07, 6.45) is 0.938. The maximum Gasteiger partial charge on any atom is 0.238 e. The molecule has 2 aromatic rings. The average molecular weight is 547 g/mol. The summed E-state index contributed by atoms with van der Waals surface area (Å²) in [4.78, 5) is 28.3. The number of carbonyl (C=O) groups is 2. The monoisotopic (exact) mass is 545 g/mol. The standard InChI is InChI=1S/C25H25Br2NO3/c1-12(2)16-9-4-13(3)10-19(16)31-15-7-5-14(6-8-15)28-24(29)20-17-11-18(21(20)25(28)30)23(27)22(17)26/h4-10,12,17-18,20-23H,11H2,1-3H3/t17-,18-,20-,21-,22-,23+/m1/s1. The van der Waals surface area contributed by atoms with E-state index in [-0.39, 0.29) is 45.1 Å². The number of hydrogen-bond donors (Lipinski definition) is 0. The van der Waals surface area contributed by atoms with Crippen LogP contribution in [0.1, 0.15) is 37.3 Å². The van der Waals surface area contributed by atoms with Crippen molar-refractivity contribution in [2.24, 2.45) is 23.7 Å². The van der Waals surface area contributed by atoms with Crippen LogP contribution < -0.4 is 9.64 Å². The van der Waals surface area contributed by atoms with Gasteiger partial charge in [0.1, 0.15) is 11.5 Å². The Bertz CT molecular complexity index is 1020. The summed E-state index contributed by atoms with van der Waals surface area (Å²) in [5.41, 5.74) is 2.92. The van der Waals surface area contributed by atoms with Crippen LogP contribution in [0.2, 0.25) is 0 Å². The minimum Gasteiger partial charge on any atom is -0.457 e. The average Bonchev–Trinajstić information content (AvgIpc) is 3.33. The van der Waals surface area contributed by atoms with Crippen LogP contribution in [0, 0.1) is 30.6 Å². The second kappa shape index (κ2) is 7.73. The first-order valence-electron chi connectivity index (χ1n) is 10.8. The van der Waals surface area contributed by atoms with E-state index in [0.717, 1.165) is 23.3 Å². The van der Waals surface area contributed by atoms with Gasteiger partial charge in [0.2, 0.25) is 11.8 Å². The summed E-state index contributed by atoms with van der Waals surface area (Å²) >= 11 is 7.47. The Kier molecular flexibility index (Phi) is 5.29. The first kappa shape index (κ1) is 21.2. The smallest absolute Gasteiger partial charge is 0.238 e. The van der Waals surface area contributed by atoms with E-state index in [9.17, 15) is 9.59 Å². The highest BCUT2D eigenvalue weighted by Crippen LogP contribution is 2.60. The number of rotatable bonds is 4. The van der Waals surface area contributed by atoms with E-state index in [0.29, 0.717) is 17.4 Å². The maximum atomic E-state index is 13.2. The molecule has 1 aliphatic heterocycles. The van der Waals surface area contributed by atoms with Gasteiger partial charge in [0.05, 0.1) is 17.5 Å². The molecule has 162 valence electrons. The van der Waals surface area contributed by atoms with E-state index in [2.05, 4.69) is 57.8 Å². The molecule has 0 aromatic heterocycles. The topological polar surface area (TPSA) is 46.6 Å². The van der Waals surface area contributed by atoms with Gasteiger partial charge in [-0.3, -0.25) is 14.5 Å². The summed E-state index contributed by atoms with van der Waals surface area (Å²) in [5.74, 6) is 1.81. The molecule has 2 amide bonds. The predicted molar refractivity (Wildman–Crippen MR) is 128 cm³/mol. The largest absolute Gasteiger partial charge is 0.457 e. The van der Waals surface area contributed by atoms with Gasteiger partial charge in [0.25, 0.3) is 0 Å². The fourth-order valence-corrected chi connectivity index (χ4v) is 7.47. The van der Waals surface area contributed by atoms with Crippen LogP contribution in [0.4, 0.5) is 5.69 Å². The van der Waals surface area contributed by atoms with E-state index in [1.165, 1.54) is 4.90 Å². The third-order valence-electron chi connectivity index (χ3n) is 7.10. The Morgan fingerprint density at radius 1 is 0.935 bits per heavy atom. The number of benzene rings is 2. The molecular weight excluding hydrogens is 522 g/mol. The molecule has 6 heteroatoms. The summed E-state index contributed by atoms with van der Waals surface area (Å²) in [7, 11) is 0. The molecule has 3 fully saturated rings. The highest BCUT2D eigenvalue weighted by Gasteiger charge is 2.66. The van der Waals surface area contributed by atoms with Crippen molar-refractivity contribution < 1.29 is 14.3 Å². The number of amides is 2. The Hall–Kier alpha value is -1.66. The van der Waals surface area contributed by atoms with Gasteiger partial charge < -0.3 is 4.74 Å². The second-order valence-electron chi connectivity index (χ2n) is 9.31. The molecule has 31 heavy (non-hydrogen) atoms. The molecule has 0 unspecified atom stereocenters. The molecular formula is C25H25Br2NO3.